The van der Waals surface area contributed by atoms with Crippen molar-refractivity contribution in [2.75, 3.05) is 0 Å². The van der Waals surface area contributed by atoms with Crippen molar-refractivity contribution in [3.8, 4) is 0 Å². The molecule has 0 amide bonds. The zero-order valence-corrected chi connectivity index (χ0v) is 25.6. The van der Waals surface area contributed by atoms with Crippen molar-refractivity contribution in [2.45, 2.75) is 122 Å². The first kappa shape index (κ1) is 29.0. The van der Waals surface area contributed by atoms with E-state index in [1.165, 1.54) is 77.0 Å². The van der Waals surface area contributed by atoms with Crippen LogP contribution in [-0.2, 0) is 0 Å². The van der Waals surface area contributed by atoms with Crippen molar-refractivity contribution < 1.29 is 114 Å². The standard InChI is InChI=1S/3C8H15.3Gd/c3*1-7(2)8-5-3-4-6-8;;;/h3*7H,3-6H2,1-2H3;;;. The Bertz CT molecular complexity index is 334. The second-order valence-electron chi connectivity index (χ2n) is 10.1. The van der Waals surface area contributed by atoms with Gasteiger partial charge in [0.05, 0.1) is 0 Å². The maximum atomic E-state index is 2.36. The Hall–Kier alpha value is 3.97. The number of rotatable bonds is 3. The number of hydrogen-bond acceptors (Lipinski definition) is 0. The summed E-state index contributed by atoms with van der Waals surface area (Å²) in [6, 6.07) is 0. The molecule has 0 radical (unpaired) electrons. The third-order valence-electron chi connectivity index (χ3n) is 7.33. The molecule has 3 aliphatic carbocycles. The molecule has 0 bridgehead atoms. The molecule has 0 heterocycles. The quantitative estimate of drug-likeness (QED) is 0.268. The van der Waals surface area contributed by atoms with E-state index in [2.05, 4.69) is 155 Å². The average Bonchev–Trinajstić information content (AvgIpc) is 3.32. The van der Waals surface area contributed by atoms with Crippen LogP contribution in [0.1, 0.15) is 119 Å². The second kappa shape index (κ2) is 13.6. The van der Waals surface area contributed by atoms with E-state index in [1.54, 1.807) is 0 Å². The molecule has 3 rings (SSSR count). The first-order chi connectivity index (χ1) is 12.5. The molecule has 27 heavy (non-hydrogen) atoms. The Labute approximate surface area is 248 Å². The van der Waals surface area contributed by atoms with E-state index in [9.17, 15) is 0 Å². The third kappa shape index (κ3) is 9.78. The summed E-state index contributed by atoms with van der Waals surface area (Å²) in [5.74, 6) is 2.70. The van der Waals surface area contributed by atoms with Gasteiger partial charge in [0.15, 0.2) is 0 Å². The minimum absolute atomic E-state index is 0.722. The van der Waals surface area contributed by atoms with Gasteiger partial charge in [-0.15, -0.1) is 0 Å². The molecule has 0 unspecified atom stereocenters. The fourth-order valence-electron chi connectivity index (χ4n) is 4.59. The predicted octanol–water partition coefficient (Wildman–Crippen LogP) is 8.77. The van der Waals surface area contributed by atoms with Crippen molar-refractivity contribution in [1.29, 1.82) is 0 Å². The third-order valence-corrected chi connectivity index (χ3v) is 14.7. The molecule has 0 saturated heterocycles. The summed E-state index contributed by atoms with van der Waals surface area (Å²) in [7, 11) is 0. The molecule has 0 nitrogen and oxygen atoms in total. The Balaban J connectivity index is 0.000000202. The molecule has 0 N–H and O–H groups in total. The van der Waals surface area contributed by atoms with Crippen molar-refractivity contribution in [3.05, 3.63) is 0 Å². The van der Waals surface area contributed by atoms with E-state index in [-0.39, 0.29) is 0 Å². The molecular weight excluding hydrogens is 760 g/mol. The summed E-state index contributed by atoms with van der Waals surface area (Å²) in [5, 5.41) is 0. The van der Waals surface area contributed by atoms with Gasteiger partial charge in [-0.3, -0.25) is 0 Å². The van der Waals surface area contributed by atoms with Gasteiger partial charge < -0.3 is 0 Å². The van der Waals surface area contributed by atoms with Gasteiger partial charge in [0.2, 0.25) is 0 Å². The van der Waals surface area contributed by atoms with E-state index >= 15 is 0 Å². The van der Waals surface area contributed by atoms with Crippen molar-refractivity contribution >= 4 is 0 Å². The van der Waals surface area contributed by atoms with Gasteiger partial charge in [-0.1, -0.05) is 0 Å². The van der Waals surface area contributed by atoms with E-state index < -0.39 is 0 Å². The van der Waals surface area contributed by atoms with Crippen LogP contribution in [0.4, 0.5) is 0 Å². The molecular formula is C24H45Gd3. The summed E-state index contributed by atoms with van der Waals surface area (Å²) >= 11 is 6.69. The molecule has 3 heteroatoms. The Morgan fingerprint density at radius 1 is 0.407 bits per heavy atom. The molecule has 0 atom stereocenters. The Morgan fingerprint density at radius 2 is 0.556 bits per heavy atom. The summed E-state index contributed by atoms with van der Waals surface area (Å²) < 4.78 is 2.17. The Kier molecular flexibility index (Phi) is 14.6. The van der Waals surface area contributed by atoms with Gasteiger partial charge in [0.1, 0.15) is 0 Å². The second-order valence-corrected chi connectivity index (χ2v) is 16.9. The Morgan fingerprint density at radius 3 is 0.630 bits per heavy atom. The zero-order valence-electron chi connectivity index (χ0n) is 18.8. The molecule has 0 aromatic heterocycles. The van der Waals surface area contributed by atoms with Gasteiger partial charge in [0.25, 0.3) is 0 Å². The molecule has 165 valence electrons. The van der Waals surface area contributed by atoms with Crippen LogP contribution in [-0.4, -0.2) is 0 Å². The van der Waals surface area contributed by atoms with Crippen LogP contribution in [0.2, 0.25) is 3.58 Å². The van der Waals surface area contributed by atoms with E-state index in [0.717, 1.165) is 21.3 Å². The molecule has 3 aliphatic rings. The summed E-state index contributed by atoms with van der Waals surface area (Å²) in [5.41, 5.74) is 0. The van der Waals surface area contributed by atoms with Crippen LogP contribution in [0.3, 0.4) is 0 Å². The van der Waals surface area contributed by atoms with Crippen molar-refractivity contribution in [1.82, 2.24) is 0 Å². The SMILES string of the molecule is CC(C)[C]1([Gd])CCCC1.CC(C)[C]1([Gd])CCCC1.CC(C)[C]1([Gd])CCCC1. The average molecular weight is 805 g/mol. The number of hydrogen-bond donors (Lipinski definition) is 0. The summed E-state index contributed by atoms with van der Waals surface area (Å²) in [4.78, 5) is 0. The normalized spacial score (nSPS) is 25.3. The van der Waals surface area contributed by atoms with E-state index in [1.807, 2.05) is 0 Å². The monoisotopic (exact) mass is 807 g/mol. The maximum absolute atomic E-state index is 2.36. The minimum atomic E-state index is 0.722. The van der Waals surface area contributed by atoms with Gasteiger partial charge in [-0.25, -0.2) is 0 Å². The van der Waals surface area contributed by atoms with Crippen LogP contribution in [0.15, 0.2) is 0 Å². The fraction of sp³-hybridized carbons (Fsp3) is 1.00. The van der Waals surface area contributed by atoms with Crippen LogP contribution < -0.4 is 0 Å². The molecule has 0 aliphatic heterocycles. The van der Waals surface area contributed by atoms with Crippen molar-refractivity contribution in [2.24, 2.45) is 17.8 Å². The van der Waals surface area contributed by atoms with Crippen LogP contribution >= 0.6 is 0 Å². The van der Waals surface area contributed by atoms with E-state index in [0.29, 0.717) is 0 Å². The van der Waals surface area contributed by atoms with Gasteiger partial charge in [-0.2, -0.15) is 0 Å². The first-order valence-corrected chi connectivity index (χ1v) is 14.9. The predicted molar refractivity (Wildman–Crippen MR) is 108 cm³/mol. The van der Waals surface area contributed by atoms with Crippen LogP contribution in [0, 0.1) is 131 Å². The summed E-state index contributed by atoms with van der Waals surface area (Å²) in [6.45, 7) is 14.2. The van der Waals surface area contributed by atoms with Gasteiger partial charge in [0, 0.05) is 0 Å². The van der Waals surface area contributed by atoms with Crippen LogP contribution in [0.5, 0.6) is 0 Å². The van der Waals surface area contributed by atoms with Gasteiger partial charge >= 0.3 is 254 Å². The summed E-state index contributed by atoms with van der Waals surface area (Å²) in [6.07, 6.45) is 17.7. The fourth-order valence-corrected chi connectivity index (χ4v) is 7.00. The van der Waals surface area contributed by atoms with Crippen molar-refractivity contribution in [3.63, 3.8) is 0 Å². The topological polar surface area (TPSA) is 0 Å². The molecule has 3 saturated carbocycles. The van der Waals surface area contributed by atoms with E-state index in [4.69, 9.17) is 0 Å². The van der Waals surface area contributed by atoms with Crippen LogP contribution in [0.25, 0.3) is 0 Å². The molecule has 0 aromatic rings. The zero-order chi connectivity index (χ0) is 20.7. The molecule has 0 aromatic carbocycles. The molecule has 3 fully saturated rings. The van der Waals surface area contributed by atoms with Gasteiger partial charge in [-0.05, 0) is 0 Å². The first-order valence-electron chi connectivity index (χ1n) is 11.5. The molecule has 0 spiro atoms.